The normalized spacial score (nSPS) is 11.5. The number of ether oxygens (including phenoxy) is 2. The minimum Gasteiger partial charge on any atom is -0.493 e. The Bertz CT molecular complexity index is 623. The van der Waals surface area contributed by atoms with E-state index in [0.29, 0.717) is 23.6 Å². The van der Waals surface area contributed by atoms with E-state index < -0.39 is 0 Å². The molecule has 0 aliphatic rings. The first kappa shape index (κ1) is 15.3. The molecule has 0 fully saturated rings. The fraction of sp³-hybridized carbons (Fsp3) is 0.412. The molecular formula is C17H23NO3. The zero-order valence-electron chi connectivity index (χ0n) is 13.3. The van der Waals surface area contributed by atoms with E-state index in [-0.39, 0.29) is 5.41 Å². The van der Waals surface area contributed by atoms with E-state index in [4.69, 9.17) is 19.6 Å². The second-order valence-electron chi connectivity index (χ2n) is 6.10. The molecule has 114 valence electrons. The van der Waals surface area contributed by atoms with Crippen LogP contribution in [0.15, 0.2) is 28.7 Å². The topological polar surface area (TPSA) is 57.6 Å². The van der Waals surface area contributed by atoms with Crippen LogP contribution in [0.4, 0.5) is 5.69 Å². The van der Waals surface area contributed by atoms with Gasteiger partial charge in [-0.15, -0.1) is 0 Å². The van der Waals surface area contributed by atoms with Crippen molar-refractivity contribution in [2.75, 3.05) is 20.0 Å². The van der Waals surface area contributed by atoms with Gasteiger partial charge in [-0.2, -0.15) is 0 Å². The van der Waals surface area contributed by atoms with Gasteiger partial charge in [0.1, 0.15) is 11.5 Å². The Balaban J connectivity index is 2.29. The number of hydrogen-bond donors (Lipinski definition) is 1. The minimum atomic E-state index is 0.00138. The van der Waals surface area contributed by atoms with E-state index in [0.717, 1.165) is 17.1 Å². The number of anilines is 1. The van der Waals surface area contributed by atoms with E-state index in [2.05, 4.69) is 20.8 Å². The lowest BCUT2D eigenvalue weighted by molar-refractivity contribution is 0.354. The predicted octanol–water partition coefficient (Wildman–Crippen LogP) is 3.77. The lowest BCUT2D eigenvalue weighted by atomic mass is 9.94. The molecule has 1 heterocycles. The highest BCUT2D eigenvalue weighted by Crippen LogP contribution is 2.33. The molecule has 0 bridgehead atoms. The van der Waals surface area contributed by atoms with Crippen LogP contribution < -0.4 is 15.2 Å². The molecule has 0 unspecified atom stereocenters. The largest absolute Gasteiger partial charge is 0.493 e. The summed E-state index contributed by atoms with van der Waals surface area (Å²) >= 11 is 0. The van der Waals surface area contributed by atoms with Crippen LogP contribution >= 0.6 is 0 Å². The summed E-state index contributed by atoms with van der Waals surface area (Å²) in [7, 11) is 3.21. The van der Waals surface area contributed by atoms with Gasteiger partial charge in [-0.1, -0.05) is 20.8 Å². The molecule has 2 rings (SSSR count). The number of hydrogen-bond acceptors (Lipinski definition) is 4. The fourth-order valence-corrected chi connectivity index (χ4v) is 2.15. The van der Waals surface area contributed by atoms with Gasteiger partial charge in [0.15, 0.2) is 11.5 Å². The standard InChI is InChI=1S/C17H23NO3/c1-17(2,3)16-7-6-12(21-16)8-11-9-14(19-4)15(20-5)10-13(11)18/h6-7,9-10H,8,18H2,1-5H3. The molecule has 21 heavy (non-hydrogen) atoms. The molecule has 4 nitrogen and oxygen atoms in total. The van der Waals surface area contributed by atoms with E-state index in [1.165, 1.54) is 0 Å². The van der Waals surface area contributed by atoms with Crippen LogP contribution in [0.25, 0.3) is 0 Å². The highest BCUT2D eigenvalue weighted by atomic mass is 16.5. The maximum atomic E-state index is 6.08. The molecule has 0 aliphatic heterocycles. The van der Waals surface area contributed by atoms with Crippen molar-refractivity contribution in [2.24, 2.45) is 0 Å². The lowest BCUT2D eigenvalue weighted by Gasteiger charge is -2.14. The Hall–Kier alpha value is -2.10. The number of rotatable bonds is 4. The van der Waals surface area contributed by atoms with Crippen molar-refractivity contribution in [3.63, 3.8) is 0 Å². The minimum absolute atomic E-state index is 0.00138. The molecule has 4 heteroatoms. The van der Waals surface area contributed by atoms with Gasteiger partial charge in [0, 0.05) is 23.6 Å². The summed E-state index contributed by atoms with van der Waals surface area (Å²) in [5.41, 5.74) is 7.71. The SMILES string of the molecule is COc1cc(N)c(Cc2ccc(C(C)(C)C)o2)cc1OC. The van der Waals surface area contributed by atoms with Gasteiger partial charge in [-0.3, -0.25) is 0 Å². The average Bonchev–Trinajstić information content (AvgIpc) is 2.89. The fourth-order valence-electron chi connectivity index (χ4n) is 2.15. The Labute approximate surface area is 125 Å². The zero-order valence-corrected chi connectivity index (χ0v) is 13.3. The smallest absolute Gasteiger partial charge is 0.162 e. The molecule has 0 radical (unpaired) electrons. The summed E-state index contributed by atoms with van der Waals surface area (Å²) in [5, 5.41) is 0. The van der Waals surface area contributed by atoms with Gasteiger partial charge in [0.05, 0.1) is 14.2 Å². The summed E-state index contributed by atoms with van der Waals surface area (Å²) in [6.45, 7) is 6.38. The van der Waals surface area contributed by atoms with Gasteiger partial charge >= 0.3 is 0 Å². The quantitative estimate of drug-likeness (QED) is 0.870. The summed E-state index contributed by atoms with van der Waals surface area (Å²) in [6, 6.07) is 7.69. The van der Waals surface area contributed by atoms with Gasteiger partial charge in [-0.05, 0) is 23.8 Å². The van der Waals surface area contributed by atoms with Gasteiger partial charge < -0.3 is 19.6 Å². The molecule has 0 saturated heterocycles. The lowest BCUT2D eigenvalue weighted by Crippen LogP contribution is -2.09. The van der Waals surface area contributed by atoms with Crippen LogP contribution in [0.2, 0.25) is 0 Å². The van der Waals surface area contributed by atoms with Crippen molar-refractivity contribution in [1.29, 1.82) is 0 Å². The third-order valence-corrected chi connectivity index (χ3v) is 3.41. The highest BCUT2D eigenvalue weighted by molar-refractivity contribution is 5.58. The monoisotopic (exact) mass is 289 g/mol. The Morgan fingerprint density at radius 2 is 1.67 bits per heavy atom. The van der Waals surface area contributed by atoms with E-state index in [1.54, 1.807) is 20.3 Å². The summed E-state index contributed by atoms with van der Waals surface area (Å²) in [6.07, 6.45) is 0.627. The van der Waals surface area contributed by atoms with Crippen LogP contribution in [-0.4, -0.2) is 14.2 Å². The van der Waals surface area contributed by atoms with E-state index in [1.807, 2.05) is 18.2 Å². The molecule has 0 saturated carbocycles. The molecule has 0 amide bonds. The van der Waals surface area contributed by atoms with Crippen molar-refractivity contribution in [2.45, 2.75) is 32.6 Å². The van der Waals surface area contributed by atoms with Crippen LogP contribution in [0.1, 0.15) is 37.9 Å². The number of methoxy groups -OCH3 is 2. The van der Waals surface area contributed by atoms with Crippen LogP contribution in [0, 0.1) is 0 Å². The average molecular weight is 289 g/mol. The second-order valence-corrected chi connectivity index (χ2v) is 6.10. The first-order valence-electron chi connectivity index (χ1n) is 6.94. The third kappa shape index (κ3) is 3.32. The van der Waals surface area contributed by atoms with Crippen LogP contribution in [0.5, 0.6) is 11.5 Å². The Morgan fingerprint density at radius 1 is 1.05 bits per heavy atom. The highest BCUT2D eigenvalue weighted by Gasteiger charge is 2.19. The number of furan rings is 1. The van der Waals surface area contributed by atoms with E-state index in [9.17, 15) is 0 Å². The third-order valence-electron chi connectivity index (χ3n) is 3.41. The molecule has 2 aromatic rings. The van der Waals surface area contributed by atoms with Crippen molar-refractivity contribution in [3.8, 4) is 11.5 Å². The Kier molecular flexibility index (Phi) is 4.16. The first-order valence-corrected chi connectivity index (χ1v) is 6.94. The Morgan fingerprint density at radius 3 is 2.19 bits per heavy atom. The van der Waals surface area contributed by atoms with Crippen LogP contribution in [-0.2, 0) is 11.8 Å². The van der Waals surface area contributed by atoms with Crippen molar-refractivity contribution < 1.29 is 13.9 Å². The predicted molar refractivity (Wildman–Crippen MR) is 84.2 cm³/mol. The maximum Gasteiger partial charge on any atom is 0.162 e. The molecular weight excluding hydrogens is 266 g/mol. The molecule has 0 atom stereocenters. The summed E-state index contributed by atoms with van der Waals surface area (Å²) in [5.74, 6) is 3.16. The number of nitrogens with two attached hydrogens (primary N) is 1. The summed E-state index contributed by atoms with van der Waals surface area (Å²) in [4.78, 5) is 0. The van der Waals surface area contributed by atoms with Crippen molar-refractivity contribution in [1.82, 2.24) is 0 Å². The summed E-state index contributed by atoms with van der Waals surface area (Å²) < 4.78 is 16.5. The van der Waals surface area contributed by atoms with Crippen LogP contribution in [0.3, 0.4) is 0 Å². The van der Waals surface area contributed by atoms with Crippen molar-refractivity contribution >= 4 is 5.69 Å². The molecule has 1 aromatic carbocycles. The molecule has 2 N–H and O–H groups in total. The maximum absolute atomic E-state index is 6.08. The molecule has 1 aromatic heterocycles. The number of nitrogen functional groups attached to an aromatic ring is 1. The van der Waals surface area contributed by atoms with Gasteiger partial charge in [0.25, 0.3) is 0 Å². The second kappa shape index (κ2) is 5.72. The zero-order chi connectivity index (χ0) is 15.6. The van der Waals surface area contributed by atoms with E-state index >= 15 is 0 Å². The molecule has 0 aliphatic carbocycles. The van der Waals surface area contributed by atoms with Gasteiger partial charge in [0.2, 0.25) is 0 Å². The number of benzene rings is 1. The van der Waals surface area contributed by atoms with Gasteiger partial charge in [-0.25, -0.2) is 0 Å². The first-order chi connectivity index (χ1) is 9.85. The van der Waals surface area contributed by atoms with Crippen molar-refractivity contribution in [3.05, 3.63) is 41.3 Å². The molecule has 0 spiro atoms.